The lowest BCUT2D eigenvalue weighted by molar-refractivity contribution is 0.0951. The van der Waals surface area contributed by atoms with Crippen LogP contribution in [0.25, 0.3) is 0 Å². The van der Waals surface area contributed by atoms with Gasteiger partial charge in [-0.15, -0.1) is 0 Å². The Morgan fingerprint density at radius 2 is 1.84 bits per heavy atom. The lowest BCUT2D eigenvalue weighted by Crippen LogP contribution is -2.32. The van der Waals surface area contributed by atoms with Gasteiger partial charge in [-0.1, -0.05) is 66.7 Å². The fourth-order valence-electron chi connectivity index (χ4n) is 4.95. The molecule has 0 radical (unpaired) electrons. The van der Waals surface area contributed by atoms with Crippen LogP contribution < -0.4 is 15.4 Å². The zero-order valence-corrected chi connectivity index (χ0v) is 18.3. The Kier molecular flexibility index (Phi) is 5.68. The van der Waals surface area contributed by atoms with E-state index < -0.39 is 0 Å². The number of allylic oxidation sites excluding steroid dienone is 2. The molecule has 2 N–H and O–H groups in total. The number of rotatable bonds is 6. The number of hydrogen-bond acceptors (Lipinski definition) is 3. The summed E-state index contributed by atoms with van der Waals surface area (Å²) in [6.07, 6.45) is 5.60. The summed E-state index contributed by atoms with van der Waals surface area (Å²) in [6.45, 7) is 3.16. The minimum absolute atomic E-state index is 0.0518. The van der Waals surface area contributed by atoms with Gasteiger partial charge in [-0.2, -0.15) is 0 Å². The SMILES string of the molecule is CCOc1ccc(C2Nc3c(C(=O)NCc4ccccc4)cccc3C3C=CCC32)cc1. The molecule has 3 atom stereocenters. The van der Waals surface area contributed by atoms with Crippen molar-refractivity contribution in [2.75, 3.05) is 11.9 Å². The van der Waals surface area contributed by atoms with E-state index in [1.54, 1.807) is 0 Å². The van der Waals surface area contributed by atoms with E-state index in [1.807, 2.05) is 61.5 Å². The summed E-state index contributed by atoms with van der Waals surface area (Å²) in [5.41, 5.74) is 5.16. The van der Waals surface area contributed by atoms with Gasteiger partial charge in [0.25, 0.3) is 5.91 Å². The Labute approximate surface area is 189 Å². The van der Waals surface area contributed by atoms with Crippen molar-refractivity contribution in [2.45, 2.75) is 31.8 Å². The first-order valence-corrected chi connectivity index (χ1v) is 11.4. The summed E-state index contributed by atoms with van der Waals surface area (Å²) in [4.78, 5) is 13.2. The fourth-order valence-corrected chi connectivity index (χ4v) is 4.95. The van der Waals surface area contributed by atoms with Crippen LogP contribution in [-0.4, -0.2) is 12.5 Å². The van der Waals surface area contributed by atoms with Gasteiger partial charge < -0.3 is 15.4 Å². The molecule has 1 heterocycles. The molecule has 162 valence electrons. The van der Waals surface area contributed by atoms with Crippen molar-refractivity contribution in [1.29, 1.82) is 0 Å². The second-order valence-electron chi connectivity index (χ2n) is 8.42. The first-order valence-electron chi connectivity index (χ1n) is 11.4. The molecule has 0 saturated carbocycles. The molecule has 1 aliphatic carbocycles. The van der Waals surface area contributed by atoms with Gasteiger partial charge in [-0.25, -0.2) is 0 Å². The van der Waals surface area contributed by atoms with Gasteiger partial charge in [0.1, 0.15) is 5.75 Å². The Bertz CT molecular complexity index is 1120. The van der Waals surface area contributed by atoms with Crippen LogP contribution in [-0.2, 0) is 6.54 Å². The number of benzene rings is 3. The van der Waals surface area contributed by atoms with E-state index in [0.717, 1.165) is 23.4 Å². The first-order chi connectivity index (χ1) is 15.7. The summed E-state index contributed by atoms with van der Waals surface area (Å²) in [5.74, 6) is 1.58. The topological polar surface area (TPSA) is 50.4 Å². The Balaban J connectivity index is 1.44. The number of hydrogen-bond donors (Lipinski definition) is 2. The lowest BCUT2D eigenvalue weighted by Gasteiger charge is -2.38. The highest BCUT2D eigenvalue weighted by Crippen LogP contribution is 2.50. The molecule has 0 aromatic heterocycles. The van der Waals surface area contributed by atoms with E-state index in [0.29, 0.717) is 30.6 Å². The molecule has 2 aliphatic rings. The summed E-state index contributed by atoms with van der Waals surface area (Å²) >= 11 is 0. The van der Waals surface area contributed by atoms with Crippen LogP contribution >= 0.6 is 0 Å². The van der Waals surface area contributed by atoms with Gasteiger partial charge in [0, 0.05) is 12.5 Å². The number of carbonyl (C=O) groups is 1. The second kappa shape index (κ2) is 8.91. The smallest absolute Gasteiger partial charge is 0.253 e. The van der Waals surface area contributed by atoms with E-state index >= 15 is 0 Å². The highest BCUT2D eigenvalue weighted by atomic mass is 16.5. The van der Waals surface area contributed by atoms with Crippen molar-refractivity contribution in [3.8, 4) is 5.75 Å². The van der Waals surface area contributed by atoms with E-state index in [-0.39, 0.29) is 11.9 Å². The minimum Gasteiger partial charge on any atom is -0.494 e. The molecule has 0 bridgehead atoms. The van der Waals surface area contributed by atoms with E-state index in [9.17, 15) is 4.79 Å². The average Bonchev–Trinajstić information content (AvgIpc) is 3.33. The Hall–Kier alpha value is -3.53. The number of nitrogens with one attached hydrogen (secondary N) is 2. The largest absolute Gasteiger partial charge is 0.494 e. The summed E-state index contributed by atoms with van der Waals surface area (Å²) in [5, 5.41) is 6.83. The van der Waals surface area contributed by atoms with Crippen LogP contribution in [0.2, 0.25) is 0 Å². The molecule has 5 rings (SSSR count). The maximum absolute atomic E-state index is 13.2. The van der Waals surface area contributed by atoms with E-state index in [2.05, 4.69) is 41.0 Å². The fraction of sp³-hybridized carbons (Fsp3) is 0.250. The molecule has 1 amide bonds. The van der Waals surface area contributed by atoms with E-state index in [1.165, 1.54) is 11.1 Å². The zero-order chi connectivity index (χ0) is 21.9. The molecular weight excluding hydrogens is 396 g/mol. The second-order valence-corrected chi connectivity index (χ2v) is 8.42. The molecule has 4 nitrogen and oxygen atoms in total. The van der Waals surface area contributed by atoms with Crippen molar-refractivity contribution < 1.29 is 9.53 Å². The lowest BCUT2D eigenvalue weighted by atomic mass is 9.76. The molecule has 0 spiro atoms. The van der Waals surface area contributed by atoms with Gasteiger partial charge in [0.05, 0.1) is 23.9 Å². The maximum atomic E-state index is 13.2. The number of anilines is 1. The summed E-state index contributed by atoms with van der Waals surface area (Å²) < 4.78 is 5.62. The number of para-hydroxylation sites is 1. The quantitative estimate of drug-likeness (QED) is 0.489. The summed E-state index contributed by atoms with van der Waals surface area (Å²) in [6, 6.07) is 24.6. The molecule has 3 unspecified atom stereocenters. The van der Waals surface area contributed by atoms with Gasteiger partial charge in [-0.3, -0.25) is 4.79 Å². The average molecular weight is 425 g/mol. The van der Waals surface area contributed by atoms with Crippen LogP contribution in [0.4, 0.5) is 5.69 Å². The van der Waals surface area contributed by atoms with Crippen molar-refractivity contribution in [3.05, 3.63) is 107 Å². The molecule has 0 saturated heterocycles. The van der Waals surface area contributed by atoms with Crippen molar-refractivity contribution in [2.24, 2.45) is 5.92 Å². The van der Waals surface area contributed by atoms with Gasteiger partial charge in [0.2, 0.25) is 0 Å². The number of ether oxygens (including phenoxy) is 1. The van der Waals surface area contributed by atoms with Gasteiger partial charge in [0.15, 0.2) is 0 Å². The Morgan fingerprint density at radius 1 is 1.03 bits per heavy atom. The third-order valence-corrected chi connectivity index (χ3v) is 6.49. The minimum atomic E-state index is -0.0518. The van der Waals surface area contributed by atoms with Crippen molar-refractivity contribution in [3.63, 3.8) is 0 Å². The van der Waals surface area contributed by atoms with E-state index in [4.69, 9.17) is 4.74 Å². The van der Waals surface area contributed by atoms with Gasteiger partial charge in [-0.05, 0) is 54.2 Å². The number of amides is 1. The highest BCUT2D eigenvalue weighted by Gasteiger charge is 2.39. The van der Waals surface area contributed by atoms with Crippen LogP contribution in [0, 0.1) is 5.92 Å². The van der Waals surface area contributed by atoms with Gasteiger partial charge >= 0.3 is 0 Å². The van der Waals surface area contributed by atoms with Crippen LogP contribution in [0.5, 0.6) is 5.75 Å². The molecule has 3 aromatic rings. The number of carbonyl (C=O) groups excluding carboxylic acids is 1. The molecule has 32 heavy (non-hydrogen) atoms. The van der Waals surface area contributed by atoms with Crippen LogP contribution in [0.3, 0.4) is 0 Å². The third kappa shape index (κ3) is 3.89. The molecule has 4 heteroatoms. The third-order valence-electron chi connectivity index (χ3n) is 6.49. The standard InChI is InChI=1S/C28H28N2O2/c1-2-32-21-16-14-20(15-17-21)26-23-11-6-10-22(23)24-12-7-13-25(27(24)30-26)28(31)29-18-19-8-4-3-5-9-19/h3-10,12-17,22-23,26,30H,2,11,18H2,1H3,(H,29,31). The normalized spacial score (nSPS) is 20.7. The summed E-state index contributed by atoms with van der Waals surface area (Å²) in [7, 11) is 0. The molecule has 1 aliphatic heterocycles. The van der Waals surface area contributed by atoms with Crippen LogP contribution in [0.1, 0.15) is 52.4 Å². The molecule has 0 fully saturated rings. The Morgan fingerprint density at radius 3 is 2.62 bits per heavy atom. The van der Waals surface area contributed by atoms with Crippen molar-refractivity contribution in [1.82, 2.24) is 5.32 Å². The first kappa shape index (κ1) is 20.4. The predicted octanol–water partition coefficient (Wildman–Crippen LogP) is 5.84. The zero-order valence-electron chi connectivity index (χ0n) is 18.3. The number of fused-ring (bicyclic) bond motifs is 3. The monoisotopic (exact) mass is 424 g/mol. The molecular formula is C28H28N2O2. The van der Waals surface area contributed by atoms with Crippen molar-refractivity contribution >= 4 is 11.6 Å². The van der Waals surface area contributed by atoms with Crippen LogP contribution in [0.15, 0.2) is 84.9 Å². The highest BCUT2D eigenvalue weighted by molar-refractivity contribution is 6.00. The maximum Gasteiger partial charge on any atom is 0.253 e. The molecule has 3 aromatic carbocycles. The predicted molar refractivity (Wildman–Crippen MR) is 128 cm³/mol.